The average molecular weight is 445 g/mol. The third-order valence-corrected chi connectivity index (χ3v) is 6.72. The van der Waals surface area contributed by atoms with Crippen LogP contribution in [-0.4, -0.2) is 78.1 Å². The van der Waals surface area contributed by atoms with Crippen molar-refractivity contribution in [1.82, 2.24) is 10.2 Å². The number of methoxy groups -OCH3 is 1. The van der Waals surface area contributed by atoms with Crippen molar-refractivity contribution < 1.29 is 29.3 Å². The number of para-hydroxylation sites is 1. The van der Waals surface area contributed by atoms with Gasteiger partial charge in [-0.2, -0.15) is 0 Å². The maximum absolute atomic E-state index is 13.2. The van der Waals surface area contributed by atoms with Crippen LogP contribution in [0.3, 0.4) is 0 Å². The Labute approximate surface area is 188 Å². The van der Waals surface area contributed by atoms with E-state index in [4.69, 9.17) is 9.47 Å². The summed E-state index contributed by atoms with van der Waals surface area (Å²) < 4.78 is 11.2. The van der Waals surface area contributed by atoms with E-state index in [1.165, 1.54) is 0 Å². The molecule has 174 valence electrons. The van der Waals surface area contributed by atoms with Crippen molar-refractivity contribution in [3.63, 3.8) is 0 Å². The molecule has 32 heavy (non-hydrogen) atoms. The minimum Gasteiger partial charge on any atom is -0.486 e. The minimum absolute atomic E-state index is 0.0114. The summed E-state index contributed by atoms with van der Waals surface area (Å²) in [6.45, 7) is 0.255. The van der Waals surface area contributed by atoms with Gasteiger partial charge in [0.25, 0.3) is 0 Å². The van der Waals surface area contributed by atoms with Gasteiger partial charge in [0.05, 0.1) is 31.6 Å². The minimum atomic E-state index is -0.978. The van der Waals surface area contributed by atoms with Gasteiger partial charge in [-0.1, -0.05) is 31.0 Å². The van der Waals surface area contributed by atoms with Crippen LogP contribution in [-0.2, 0) is 14.3 Å². The number of nitrogens with zero attached hydrogens (tertiary/aromatic N) is 1. The molecule has 2 aliphatic carbocycles. The fourth-order valence-electron chi connectivity index (χ4n) is 5.28. The summed E-state index contributed by atoms with van der Waals surface area (Å²) in [7, 11) is 1.56. The largest absolute Gasteiger partial charge is 0.486 e. The van der Waals surface area contributed by atoms with Gasteiger partial charge in [-0.15, -0.1) is 0 Å². The Hall–Kier alpha value is -2.42. The second kappa shape index (κ2) is 10.0. The lowest BCUT2D eigenvalue weighted by molar-refractivity contribution is -0.141. The average Bonchev–Trinajstić information content (AvgIpc) is 3.46. The Balaban J connectivity index is 1.73. The molecule has 1 heterocycles. The third kappa shape index (κ3) is 4.27. The molecule has 0 spiro atoms. The summed E-state index contributed by atoms with van der Waals surface area (Å²) in [5.41, 5.74) is 1.31. The molecule has 1 aliphatic heterocycles. The van der Waals surface area contributed by atoms with Crippen LogP contribution < -0.4 is 10.1 Å². The number of rotatable bonds is 8. The van der Waals surface area contributed by atoms with Crippen LogP contribution in [0.2, 0.25) is 0 Å². The maximum Gasteiger partial charge on any atom is 0.247 e. The van der Waals surface area contributed by atoms with Crippen molar-refractivity contribution in [3.8, 4) is 5.75 Å². The molecular formula is C24H32N2O6. The van der Waals surface area contributed by atoms with Gasteiger partial charge in [0.15, 0.2) is 0 Å². The molecule has 1 aromatic rings. The van der Waals surface area contributed by atoms with Crippen molar-refractivity contribution in [2.75, 3.05) is 26.9 Å². The lowest BCUT2D eigenvalue weighted by Crippen LogP contribution is -2.58. The highest BCUT2D eigenvalue weighted by molar-refractivity contribution is 5.96. The molecule has 3 N–H and O–H groups in total. The Morgan fingerprint density at radius 3 is 2.72 bits per heavy atom. The van der Waals surface area contributed by atoms with E-state index in [1.54, 1.807) is 18.1 Å². The summed E-state index contributed by atoms with van der Waals surface area (Å²) in [5.74, 6) is -0.207. The number of amides is 2. The summed E-state index contributed by atoms with van der Waals surface area (Å²) in [4.78, 5) is 28.1. The molecule has 3 aliphatic rings. The van der Waals surface area contributed by atoms with Crippen LogP contribution in [0, 0.1) is 0 Å². The molecule has 1 aromatic carbocycles. The number of fused-ring (bicyclic) bond motifs is 3. The topological polar surface area (TPSA) is 108 Å². The van der Waals surface area contributed by atoms with Crippen LogP contribution in [0.15, 0.2) is 35.9 Å². The van der Waals surface area contributed by atoms with E-state index in [9.17, 15) is 19.8 Å². The summed E-state index contributed by atoms with van der Waals surface area (Å²) in [6, 6.07) is 6.81. The second-order valence-corrected chi connectivity index (χ2v) is 8.66. The SMILES string of the molecule is COCCC(=O)N(C1CCCC1)[C@@H]1C=C(C(=O)NCCO)[C@@H]2c3ccccc3O[C@@H]2[C@H]1O. The van der Waals surface area contributed by atoms with Gasteiger partial charge in [-0.05, 0) is 25.0 Å². The van der Waals surface area contributed by atoms with Gasteiger partial charge >= 0.3 is 0 Å². The summed E-state index contributed by atoms with van der Waals surface area (Å²) in [5, 5.41) is 23.3. The highest BCUT2D eigenvalue weighted by Crippen LogP contribution is 2.47. The number of hydrogen-bond acceptors (Lipinski definition) is 6. The molecule has 4 atom stereocenters. The quantitative estimate of drug-likeness (QED) is 0.555. The van der Waals surface area contributed by atoms with Crippen LogP contribution in [0.1, 0.15) is 43.6 Å². The molecule has 0 saturated heterocycles. The lowest BCUT2D eigenvalue weighted by Gasteiger charge is -2.43. The zero-order chi connectivity index (χ0) is 22.7. The predicted octanol–water partition coefficient (Wildman–Crippen LogP) is 1.12. The maximum atomic E-state index is 13.2. The number of hydrogen-bond donors (Lipinski definition) is 3. The summed E-state index contributed by atoms with van der Waals surface area (Å²) >= 11 is 0. The number of carbonyl (C=O) groups is 2. The first-order chi connectivity index (χ1) is 15.6. The van der Waals surface area contributed by atoms with Crippen molar-refractivity contribution in [2.24, 2.45) is 0 Å². The van der Waals surface area contributed by atoms with Crippen LogP contribution in [0.25, 0.3) is 0 Å². The van der Waals surface area contributed by atoms with Crippen LogP contribution in [0.4, 0.5) is 0 Å². The monoisotopic (exact) mass is 444 g/mol. The first kappa shape index (κ1) is 22.8. The number of aliphatic hydroxyl groups is 2. The number of aliphatic hydroxyl groups excluding tert-OH is 2. The van der Waals surface area contributed by atoms with Gasteiger partial charge in [0, 0.05) is 30.8 Å². The standard InChI is InChI=1S/C24H32N2O6/c1-31-13-10-20(28)26(15-6-2-3-7-15)18-14-17(24(30)25-11-12-27)21-16-8-4-5-9-19(16)32-23(21)22(18)29/h4-5,8-9,14-15,18,21-23,27,29H,2-3,6-7,10-13H2,1H3,(H,25,30)/t18-,21+,22+,23+/m1/s1. The molecule has 1 fully saturated rings. The lowest BCUT2D eigenvalue weighted by atomic mass is 9.77. The first-order valence-electron chi connectivity index (χ1n) is 11.4. The van der Waals surface area contributed by atoms with E-state index in [2.05, 4.69) is 5.32 Å². The van der Waals surface area contributed by atoms with E-state index < -0.39 is 24.2 Å². The Morgan fingerprint density at radius 2 is 2.00 bits per heavy atom. The molecule has 0 radical (unpaired) electrons. The van der Waals surface area contributed by atoms with Crippen molar-refractivity contribution in [3.05, 3.63) is 41.5 Å². The number of nitrogens with one attached hydrogen (secondary N) is 1. The second-order valence-electron chi connectivity index (χ2n) is 8.66. The van der Waals surface area contributed by atoms with Crippen molar-refractivity contribution in [2.45, 2.75) is 62.3 Å². The van der Waals surface area contributed by atoms with Gasteiger partial charge in [-0.3, -0.25) is 9.59 Å². The van der Waals surface area contributed by atoms with Gasteiger partial charge in [0.2, 0.25) is 11.8 Å². The predicted molar refractivity (Wildman–Crippen MR) is 117 cm³/mol. The summed E-state index contributed by atoms with van der Waals surface area (Å²) in [6.07, 6.45) is 4.11. The molecular weight excluding hydrogens is 412 g/mol. The highest BCUT2D eigenvalue weighted by atomic mass is 16.5. The third-order valence-electron chi connectivity index (χ3n) is 6.72. The molecule has 2 amide bonds. The first-order valence-corrected chi connectivity index (χ1v) is 11.4. The molecule has 0 bridgehead atoms. The van der Waals surface area contributed by atoms with Gasteiger partial charge in [0.1, 0.15) is 18.0 Å². The fourth-order valence-corrected chi connectivity index (χ4v) is 5.28. The van der Waals surface area contributed by atoms with Crippen LogP contribution in [0.5, 0.6) is 5.75 Å². The number of benzene rings is 1. The van der Waals surface area contributed by atoms with Crippen LogP contribution >= 0.6 is 0 Å². The Morgan fingerprint density at radius 1 is 1.25 bits per heavy atom. The fraction of sp³-hybridized carbons (Fsp3) is 0.583. The van der Waals surface area contributed by atoms with E-state index in [-0.39, 0.29) is 37.4 Å². The van der Waals surface area contributed by atoms with E-state index in [0.717, 1.165) is 31.2 Å². The molecule has 8 nitrogen and oxygen atoms in total. The number of ether oxygens (including phenoxy) is 2. The van der Waals surface area contributed by atoms with E-state index in [0.29, 0.717) is 17.9 Å². The highest BCUT2D eigenvalue weighted by Gasteiger charge is 2.51. The molecule has 8 heteroatoms. The van der Waals surface area contributed by atoms with Crippen molar-refractivity contribution in [1.29, 1.82) is 0 Å². The molecule has 4 rings (SSSR count). The molecule has 0 aromatic heterocycles. The van der Waals surface area contributed by atoms with Crippen molar-refractivity contribution >= 4 is 11.8 Å². The van der Waals surface area contributed by atoms with E-state index >= 15 is 0 Å². The molecule has 1 saturated carbocycles. The molecule has 0 unspecified atom stereocenters. The van der Waals surface area contributed by atoms with Gasteiger partial charge in [-0.25, -0.2) is 0 Å². The smallest absolute Gasteiger partial charge is 0.247 e. The Bertz CT molecular complexity index is 866. The number of carbonyl (C=O) groups excluding carboxylic acids is 2. The van der Waals surface area contributed by atoms with Gasteiger partial charge < -0.3 is 29.9 Å². The zero-order valence-corrected chi connectivity index (χ0v) is 18.4. The Kier molecular flexibility index (Phi) is 7.13. The zero-order valence-electron chi connectivity index (χ0n) is 18.4. The normalized spacial score (nSPS) is 26.7. The van der Waals surface area contributed by atoms with E-state index in [1.807, 2.05) is 24.3 Å².